The predicted molar refractivity (Wildman–Crippen MR) is 135 cm³/mol. The molecule has 0 radical (unpaired) electrons. The van der Waals surface area contributed by atoms with E-state index in [-0.39, 0.29) is 18.1 Å². The Balaban J connectivity index is 1.29. The molecule has 3 aromatic rings. The number of carbonyl (C=O) groups is 1. The van der Waals surface area contributed by atoms with Crippen molar-refractivity contribution >= 4 is 40.4 Å². The molecule has 1 aromatic carbocycles. The summed E-state index contributed by atoms with van der Waals surface area (Å²) in [6.45, 7) is 7.01. The summed E-state index contributed by atoms with van der Waals surface area (Å²) in [7, 11) is 0. The number of nitrogens with zero attached hydrogens (tertiary/aromatic N) is 5. The van der Waals surface area contributed by atoms with Gasteiger partial charge in [-0.1, -0.05) is 37.3 Å². The van der Waals surface area contributed by atoms with Crippen molar-refractivity contribution < 1.29 is 9.53 Å². The zero-order chi connectivity index (χ0) is 23.9. The Morgan fingerprint density at radius 3 is 2.82 bits per heavy atom. The molecule has 1 saturated carbocycles. The van der Waals surface area contributed by atoms with E-state index in [2.05, 4.69) is 47.9 Å². The number of hydrogen-bond donors (Lipinski definition) is 3. The molecule has 2 amide bonds. The van der Waals surface area contributed by atoms with Crippen LogP contribution in [0.15, 0.2) is 30.3 Å². The minimum atomic E-state index is -0.535. The molecule has 178 valence electrons. The van der Waals surface area contributed by atoms with Gasteiger partial charge in [-0.25, -0.2) is 4.79 Å². The molecule has 1 unspecified atom stereocenters. The summed E-state index contributed by atoms with van der Waals surface area (Å²) < 4.78 is 6.08. The second-order valence-electron chi connectivity index (χ2n) is 9.06. The van der Waals surface area contributed by atoms with Crippen molar-refractivity contribution in [2.45, 2.75) is 57.7 Å². The Hall–Kier alpha value is -2.96. The fourth-order valence-corrected chi connectivity index (χ4v) is 4.79. The van der Waals surface area contributed by atoms with E-state index in [0.717, 1.165) is 24.1 Å². The first-order valence-electron chi connectivity index (χ1n) is 11.4. The lowest BCUT2D eigenvalue weighted by molar-refractivity contribution is 0.142. The minimum absolute atomic E-state index is 0.0751. The van der Waals surface area contributed by atoms with E-state index in [0.29, 0.717) is 34.7 Å². The van der Waals surface area contributed by atoms with E-state index in [4.69, 9.17) is 4.74 Å². The van der Waals surface area contributed by atoms with Gasteiger partial charge < -0.3 is 20.3 Å². The summed E-state index contributed by atoms with van der Waals surface area (Å²) in [5.41, 5.74) is 2.55. The minimum Gasteiger partial charge on any atom is -0.463 e. The third-order valence-electron chi connectivity index (χ3n) is 6.30. The third kappa shape index (κ3) is 4.40. The average Bonchev–Trinajstić information content (AvgIpc) is 3.36. The zero-order valence-corrected chi connectivity index (χ0v) is 21.5. The number of anilines is 2. The molecular weight excluding hydrogens is 547 g/mol. The fraction of sp³-hybridized carbons (Fsp3) is 0.435. The second-order valence-corrected chi connectivity index (χ2v) is 10.0. The van der Waals surface area contributed by atoms with Crippen LogP contribution in [0.3, 0.4) is 0 Å². The largest absolute Gasteiger partial charge is 0.463 e. The lowest BCUT2D eigenvalue weighted by Gasteiger charge is -2.32. The van der Waals surface area contributed by atoms with Crippen LogP contribution < -0.4 is 15.4 Å². The molecular formula is C23H27IN8O2. The van der Waals surface area contributed by atoms with Crippen LogP contribution in [0.2, 0.25) is 0 Å². The van der Waals surface area contributed by atoms with Gasteiger partial charge in [0.05, 0.1) is 24.4 Å². The van der Waals surface area contributed by atoms with Gasteiger partial charge in [-0.3, -0.25) is 5.10 Å². The Labute approximate surface area is 211 Å². The predicted octanol–water partition coefficient (Wildman–Crippen LogP) is 4.05. The van der Waals surface area contributed by atoms with Gasteiger partial charge in [0.25, 0.3) is 0 Å². The maximum absolute atomic E-state index is 13.2. The molecule has 1 fully saturated rings. The first-order valence-corrected chi connectivity index (χ1v) is 12.5. The highest BCUT2D eigenvalue weighted by atomic mass is 127. The lowest BCUT2D eigenvalue weighted by atomic mass is 10.0. The average molecular weight is 574 g/mol. The maximum Gasteiger partial charge on any atom is 0.322 e. The van der Waals surface area contributed by atoms with Gasteiger partial charge in [-0.05, 0) is 32.3 Å². The third-order valence-corrected chi connectivity index (χ3v) is 6.78. The number of carbonyl (C=O) groups excluding carboxylic acids is 1. The van der Waals surface area contributed by atoms with E-state index in [1.54, 1.807) is 0 Å². The van der Waals surface area contributed by atoms with Crippen molar-refractivity contribution in [1.29, 1.82) is 0 Å². The molecule has 3 N–H and O–H groups in total. The number of H-pyrrole nitrogens is 1. The highest BCUT2D eigenvalue weighted by molar-refractivity contribution is 14.1. The van der Waals surface area contributed by atoms with Gasteiger partial charge in [0.1, 0.15) is 0 Å². The number of halogens is 1. The Bertz CT molecular complexity index is 1200. The van der Waals surface area contributed by atoms with Crippen molar-refractivity contribution in [3.63, 3.8) is 0 Å². The first kappa shape index (κ1) is 22.8. The number of urea groups is 1. The second kappa shape index (κ2) is 9.01. The van der Waals surface area contributed by atoms with E-state index >= 15 is 0 Å². The van der Waals surface area contributed by atoms with Crippen LogP contribution in [0.1, 0.15) is 56.4 Å². The summed E-state index contributed by atoms with van der Waals surface area (Å²) in [5, 5.41) is 13.9. The Kier molecular flexibility index (Phi) is 6.04. The SMILES string of the molecule is CCCOc1nc(I)nc(Nc2n[nH]c3c2CN(C(=O)NC2C[C@@H]2c2ccccc2)C3(C)C)n1. The molecule has 2 aliphatic rings. The summed E-state index contributed by atoms with van der Waals surface area (Å²) >= 11 is 2.03. The van der Waals surface area contributed by atoms with Crippen molar-refractivity contribution in [3.8, 4) is 6.01 Å². The lowest BCUT2D eigenvalue weighted by Crippen LogP contribution is -2.47. The molecule has 0 saturated heterocycles. The van der Waals surface area contributed by atoms with Gasteiger partial charge in [0, 0.05) is 40.1 Å². The Morgan fingerprint density at radius 2 is 2.06 bits per heavy atom. The summed E-state index contributed by atoms with van der Waals surface area (Å²) in [5.74, 6) is 1.32. The van der Waals surface area contributed by atoms with Crippen LogP contribution in [0.25, 0.3) is 0 Å². The molecule has 10 nitrogen and oxygen atoms in total. The van der Waals surface area contributed by atoms with Crippen LogP contribution >= 0.6 is 22.6 Å². The normalized spacial score (nSPS) is 20.1. The van der Waals surface area contributed by atoms with E-state index in [1.165, 1.54) is 5.56 Å². The highest BCUT2D eigenvalue weighted by Crippen LogP contribution is 2.43. The smallest absolute Gasteiger partial charge is 0.322 e. The first-order chi connectivity index (χ1) is 16.4. The van der Waals surface area contributed by atoms with Crippen LogP contribution in [-0.2, 0) is 12.1 Å². The summed E-state index contributed by atoms with van der Waals surface area (Å²) in [6.07, 6.45) is 1.82. The van der Waals surface area contributed by atoms with E-state index < -0.39 is 5.54 Å². The fourth-order valence-electron chi connectivity index (χ4n) is 4.36. The van der Waals surface area contributed by atoms with Gasteiger partial charge in [0.2, 0.25) is 5.95 Å². The van der Waals surface area contributed by atoms with Crippen molar-refractivity contribution in [1.82, 2.24) is 35.4 Å². The Morgan fingerprint density at radius 1 is 1.26 bits per heavy atom. The van der Waals surface area contributed by atoms with Crippen LogP contribution in [0.4, 0.5) is 16.6 Å². The van der Waals surface area contributed by atoms with Crippen LogP contribution in [-0.4, -0.2) is 48.7 Å². The quantitative estimate of drug-likeness (QED) is 0.364. The monoisotopic (exact) mass is 574 g/mol. The van der Waals surface area contributed by atoms with Crippen LogP contribution in [0.5, 0.6) is 6.01 Å². The maximum atomic E-state index is 13.2. The van der Waals surface area contributed by atoms with Gasteiger partial charge >= 0.3 is 12.0 Å². The number of aromatic nitrogens is 5. The van der Waals surface area contributed by atoms with Crippen molar-refractivity contribution in [2.24, 2.45) is 0 Å². The number of benzene rings is 1. The molecule has 11 heteroatoms. The molecule has 0 spiro atoms. The van der Waals surface area contributed by atoms with Gasteiger partial charge in [-0.15, -0.1) is 0 Å². The number of aromatic amines is 1. The molecule has 5 rings (SSSR count). The number of nitrogens with one attached hydrogen (secondary N) is 3. The van der Waals surface area contributed by atoms with E-state index in [1.807, 2.05) is 66.5 Å². The number of fused-ring (bicyclic) bond motifs is 1. The van der Waals surface area contributed by atoms with Crippen molar-refractivity contribution in [3.05, 3.63) is 51.0 Å². The number of rotatable bonds is 7. The molecule has 0 bridgehead atoms. The molecule has 2 atom stereocenters. The molecule has 34 heavy (non-hydrogen) atoms. The molecule has 1 aliphatic carbocycles. The zero-order valence-electron chi connectivity index (χ0n) is 19.3. The molecule has 2 aromatic heterocycles. The number of hydrogen-bond acceptors (Lipinski definition) is 7. The summed E-state index contributed by atoms with van der Waals surface area (Å²) in [4.78, 5) is 28.0. The van der Waals surface area contributed by atoms with Gasteiger partial charge in [0.15, 0.2) is 9.65 Å². The standard InChI is InChI=1S/C23H27IN8O2/c1-4-10-34-21-28-19(24)27-20(29-21)26-18-15-12-32(23(2,3)17(15)30-31-18)22(33)25-16-11-14(16)13-8-6-5-7-9-13/h5-9,14,16H,4,10-12H2,1-3H3,(H,25,33)(H2,26,27,28,29,30,31)/t14-,16?/m1/s1. The highest BCUT2D eigenvalue weighted by Gasteiger charge is 2.46. The number of ether oxygens (including phenoxy) is 1. The molecule has 1 aliphatic heterocycles. The topological polar surface area (TPSA) is 121 Å². The van der Waals surface area contributed by atoms with Crippen molar-refractivity contribution in [2.75, 3.05) is 11.9 Å². The molecule has 3 heterocycles. The summed E-state index contributed by atoms with van der Waals surface area (Å²) in [6, 6.07) is 10.7. The van der Waals surface area contributed by atoms with Gasteiger partial charge in [-0.2, -0.15) is 20.1 Å². The van der Waals surface area contributed by atoms with Crippen LogP contribution in [0, 0.1) is 3.83 Å². The number of amides is 2. The van der Waals surface area contributed by atoms with E-state index in [9.17, 15) is 4.79 Å².